The molecular weight excluding hydrogens is 457 g/mol. The summed E-state index contributed by atoms with van der Waals surface area (Å²) in [6, 6.07) is 4.04. The summed E-state index contributed by atoms with van der Waals surface area (Å²) in [5, 5.41) is 15.2. The number of rotatable bonds is 9. The van der Waals surface area contributed by atoms with Gasteiger partial charge in [-0.3, -0.25) is 4.79 Å². The van der Waals surface area contributed by atoms with E-state index in [0.717, 1.165) is 6.26 Å². The molecule has 1 amide bonds. The molecule has 0 unspecified atom stereocenters. The summed E-state index contributed by atoms with van der Waals surface area (Å²) in [6.45, 7) is 3.45. The molecule has 0 radical (unpaired) electrons. The van der Waals surface area contributed by atoms with Gasteiger partial charge in [-0.1, -0.05) is 31.3 Å². The molecule has 0 aliphatic heterocycles. The topological polar surface area (TPSA) is 134 Å². The van der Waals surface area contributed by atoms with Crippen molar-refractivity contribution in [1.82, 2.24) is 4.98 Å². The Morgan fingerprint density at radius 2 is 1.97 bits per heavy atom. The molecule has 0 spiro atoms. The Balaban J connectivity index is 2.23. The molecule has 13 heteroatoms. The number of thiazole rings is 1. The number of carbonyl (C=O) groups is 1. The van der Waals surface area contributed by atoms with Crippen LogP contribution in [0.4, 0.5) is 24.0 Å². The van der Waals surface area contributed by atoms with Crippen LogP contribution in [0, 0.1) is 5.92 Å². The highest BCUT2D eigenvalue weighted by Crippen LogP contribution is 2.36. The van der Waals surface area contributed by atoms with Gasteiger partial charge < -0.3 is 21.5 Å². The van der Waals surface area contributed by atoms with E-state index in [4.69, 9.17) is 5.73 Å². The number of aliphatic hydroxyl groups excluding tert-OH is 1. The van der Waals surface area contributed by atoms with E-state index in [9.17, 15) is 31.5 Å². The second-order valence-corrected chi connectivity index (χ2v) is 10.2. The number of anilines is 2. The SMILES string of the molecule is CC(C)[C@H](CNc1ccc(CO)c(S(C)(=O)=O)c1)Nc1nc(C(F)(F)F)c(C(N)=O)s1. The zero-order chi connectivity index (χ0) is 23.6. The number of nitrogens with two attached hydrogens (primary N) is 1. The summed E-state index contributed by atoms with van der Waals surface area (Å²) in [5.41, 5.74) is 4.43. The van der Waals surface area contributed by atoms with Crippen LogP contribution in [0.15, 0.2) is 23.1 Å². The van der Waals surface area contributed by atoms with Gasteiger partial charge in [0.15, 0.2) is 20.7 Å². The number of hydrogen-bond acceptors (Lipinski definition) is 8. The summed E-state index contributed by atoms with van der Waals surface area (Å²) >= 11 is 0.521. The first-order valence-electron chi connectivity index (χ1n) is 9.06. The normalized spacial score (nSPS) is 13.3. The minimum atomic E-state index is -4.82. The van der Waals surface area contributed by atoms with Crippen LogP contribution in [-0.2, 0) is 22.6 Å². The van der Waals surface area contributed by atoms with E-state index in [1.165, 1.54) is 12.1 Å². The minimum absolute atomic E-state index is 0.0186. The number of benzene rings is 1. The Labute approximate surface area is 181 Å². The van der Waals surface area contributed by atoms with Crippen LogP contribution < -0.4 is 16.4 Å². The summed E-state index contributed by atoms with van der Waals surface area (Å²) in [5.74, 6) is -1.27. The predicted molar refractivity (Wildman–Crippen MR) is 112 cm³/mol. The first kappa shape index (κ1) is 24.9. The van der Waals surface area contributed by atoms with Crippen molar-refractivity contribution in [2.45, 2.75) is 37.6 Å². The number of nitrogens with one attached hydrogen (secondary N) is 2. The number of aromatic nitrogens is 1. The van der Waals surface area contributed by atoms with Gasteiger partial charge in [0, 0.05) is 24.5 Å². The van der Waals surface area contributed by atoms with E-state index in [1.807, 2.05) is 13.8 Å². The molecule has 5 N–H and O–H groups in total. The summed E-state index contributed by atoms with van der Waals surface area (Å²) < 4.78 is 63.2. The Hall–Kier alpha value is -2.38. The molecule has 8 nitrogen and oxygen atoms in total. The molecule has 1 atom stereocenters. The number of halogens is 3. The third-order valence-electron chi connectivity index (χ3n) is 4.40. The first-order valence-corrected chi connectivity index (χ1v) is 11.8. The van der Waals surface area contributed by atoms with Crippen molar-refractivity contribution < 1.29 is 31.5 Å². The molecule has 0 aliphatic carbocycles. The van der Waals surface area contributed by atoms with Crippen LogP contribution >= 0.6 is 11.3 Å². The van der Waals surface area contributed by atoms with Crippen molar-refractivity contribution in [3.8, 4) is 0 Å². The molecule has 1 aromatic heterocycles. The van der Waals surface area contributed by atoms with E-state index in [0.29, 0.717) is 17.0 Å². The number of primary amides is 1. The number of hydrogen-bond donors (Lipinski definition) is 4. The maximum Gasteiger partial charge on any atom is 0.435 e. The van der Waals surface area contributed by atoms with Gasteiger partial charge >= 0.3 is 6.18 Å². The number of carbonyl (C=O) groups excluding carboxylic acids is 1. The molecule has 172 valence electrons. The van der Waals surface area contributed by atoms with Gasteiger partial charge in [-0.25, -0.2) is 13.4 Å². The number of aliphatic hydroxyl groups is 1. The van der Waals surface area contributed by atoms with Crippen LogP contribution in [-0.4, -0.2) is 43.3 Å². The Morgan fingerprint density at radius 3 is 2.42 bits per heavy atom. The zero-order valence-electron chi connectivity index (χ0n) is 16.9. The average Bonchev–Trinajstić information content (AvgIpc) is 3.08. The molecule has 0 fully saturated rings. The fraction of sp³-hybridized carbons (Fsp3) is 0.444. The first-order chi connectivity index (χ1) is 14.2. The molecule has 0 aliphatic rings. The lowest BCUT2D eigenvalue weighted by molar-refractivity contribution is -0.141. The highest BCUT2D eigenvalue weighted by atomic mass is 32.2. The lowest BCUT2D eigenvalue weighted by Crippen LogP contribution is -2.33. The molecule has 2 aromatic rings. The van der Waals surface area contributed by atoms with Crippen LogP contribution in [0.25, 0.3) is 0 Å². The molecule has 1 heterocycles. The number of amides is 1. The fourth-order valence-corrected chi connectivity index (χ4v) is 4.57. The van der Waals surface area contributed by atoms with E-state index in [1.54, 1.807) is 6.07 Å². The molecule has 1 aromatic carbocycles. The molecule has 0 bridgehead atoms. The summed E-state index contributed by atoms with van der Waals surface area (Å²) in [4.78, 5) is 14.2. The lowest BCUT2D eigenvalue weighted by Gasteiger charge is -2.23. The van der Waals surface area contributed by atoms with Crippen molar-refractivity contribution >= 4 is 37.9 Å². The average molecular weight is 481 g/mol. The van der Waals surface area contributed by atoms with Crippen LogP contribution in [0.2, 0.25) is 0 Å². The number of nitrogens with zero attached hydrogens (tertiary/aromatic N) is 1. The fourth-order valence-electron chi connectivity index (χ4n) is 2.72. The summed E-state index contributed by atoms with van der Waals surface area (Å²) in [7, 11) is -3.57. The maximum atomic E-state index is 13.1. The lowest BCUT2D eigenvalue weighted by atomic mass is 10.0. The van der Waals surface area contributed by atoms with Gasteiger partial charge in [0.25, 0.3) is 5.91 Å². The van der Waals surface area contributed by atoms with Crippen LogP contribution in [0.5, 0.6) is 0 Å². The van der Waals surface area contributed by atoms with Crippen molar-refractivity contribution in [2.24, 2.45) is 11.7 Å². The second kappa shape index (κ2) is 9.40. The van der Waals surface area contributed by atoms with Gasteiger partial charge in [0.05, 0.1) is 11.5 Å². The predicted octanol–water partition coefficient (Wildman–Crippen LogP) is 2.71. The van der Waals surface area contributed by atoms with Crippen molar-refractivity contribution in [3.63, 3.8) is 0 Å². The number of alkyl halides is 3. The Bertz CT molecular complexity index is 1050. The largest absolute Gasteiger partial charge is 0.435 e. The van der Waals surface area contributed by atoms with Crippen molar-refractivity contribution in [2.75, 3.05) is 23.4 Å². The Kier molecular flexibility index (Phi) is 7.55. The van der Waals surface area contributed by atoms with Crippen molar-refractivity contribution in [3.05, 3.63) is 34.3 Å². The van der Waals surface area contributed by atoms with Crippen molar-refractivity contribution in [1.29, 1.82) is 0 Å². The highest BCUT2D eigenvalue weighted by molar-refractivity contribution is 7.90. The second-order valence-electron chi connectivity index (χ2n) is 7.19. The van der Waals surface area contributed by atoms with Crippen LogP contribution in [0.3, 0.4) is 0 Å². The van der Waals surface area contributed by atoms with Gasteiger partial charge in [0.1, 0.15) is 4.88 Å². The van der Waals surface area contributed by atoms with Gasteiger partial charge in [-0.2, -0.15) is 13.2 Å². The number of sulfone groups is 1. The van der Waals surface area contributed by atoms with Crippen LogP contribution in [0.1, 0.15) is 34.8 Å². The molecule has 0 saturated heterocycles. The minimum Gasteiger partial charge on any atom is -0.392 e. The Morgan fingerprint density at radius 1 is 1.32 bits per heavy atom. The molecule has 31 heavy (non-hydrogen) atoms. The van der Waals surface area contributed by atoms with E-state index >= 15 is 0 Å². The highest BCUT2D eigenvalue weighted by Gasteiger charge is 2.39. The standard InChI is InChI=1S/C18H23F3N4O4S2/c1-9(2)12(24-17-25-15(18(19,20)21)14(30-17)16(22)27)7-23-11-5-4-10(8-26)13(6-11)31(3,28)29/h4-6,9,12,23,26H,7-8H2,1-3H3,(H2,22,27)(H,24,25)/t12-/m0/s1. The molecule has 0 saturated carbocycles. The zero-order valence-corrected chi connectivity index (χ0v) is 18.6. The third kappa shape index (κ3) is 6.31. The smallest absolute Gasteiger partial charge is 0.392 e. The van der Waals surface area contributed by atoms with E-state index < -0.39 is 45.1 Å². The van der Waals surface area contributed by atoms with Gasteiger partial charge in [0.2, 0.25) is 0 Å². The van der Waals surface area contributed by atoms with Gasteiger partial charge in [-0.05, 0) is 23.6 Å². The maximum absolute atomic E-state index is 13.1. The quantitative estimate of drug-likeness (QED) is 0.433. The molecular formula is C18H23F3N4O4S2. The van der Waals surface area contributed by atoms with E-state index in [2.05, 4.69) is 15.6 Å². The monoisotopic (exact) mass is 480 g/mol. The molecule has 2 rings (SSSR count). The van der Waals surface area contributed by atoms with Gasteiger partial charge in [-0.15, -0.1) is 0 Å². The third-order valence-corrected chi connectivity index (χ3v) is 6.58. The summed E-state index contributed by atoms with van der Waals surface area (Å²) in [6.07, 6.45) is -3.79. The van der Waals surface area contributed by atoms with E-state index in [-0.39, 0.29) is 28.1 Å².